The van der Waals surface area contributed by atoms with Gasteiger partial charge in [-0.1, -0.05) is 88.8 Å². The van der Waals surface area contributed by atoms with Crippen molar-refractivity contribution < 1.29 is 0 Å². The minimum atomic E-state index is 1.25. The predicted molar refractivity (Wildman–Crippen MR) is 102 cm³/mol. The third-order valence-corrected chi connectivity index (χ3v) is 5.27. The number of fused-ring (bicyclic) bond motifs is 1. The van der Waals surface area contributed by atoms with Crippen molar-refractivity contribution >= 4 is 20.7 Å². The zero-order chi connectivity index (χ0) is 15.2. The number of hydrogen-bond donors (Lipinski definition) is 0. The second-order valence-electron chi connectivity index (χ2n) is 5.83. The van der Waals surface area contributed by atoms with E-state index < -0.39 is 0 Å². The summed E-state index contributed by atoms with van der Waals surface area (Å²) in [5, 5.41) is 0. The zero-order valence-electron chi connectivity index (χ0n) is 14.0. The van der Waals surface area contributed by atoms with Gasteiger partial charge in [0, 0.05) is 0 Å². The summed E-state index contributed by atoms with van der Waals surface area (Å²) in [6, 6.07) is 8.36. The lowest BCUT2D eigenvalue weighted by atomic mass is 9.99. The highest BCUT2D eigenvalue weighted by molar-refractivity contribution is 7.37. The van der Waals surface area contributed by atoms with E-state index in [1.54, 1.807) is 0 Å². The fourth-order valence-electron chi connectivity index (χ4n) is 2.38. The first-order valence-electron chi connectivity index (χ1n) is 8.86. The summed E-state index contributed by atoms with van der Waals surface area (Å²) in [5.74, 6) is 0. The van der Waals surface area contributed by atoms with Gasteiger partial charge in [-0.3, -0.25) is 0 Å². The lowest BCUT2D eigenvalue weighted by Gasteiger charge is -2.06. The van der Waals surface area contributed by atoms with Crippen LogP contribution < -0.4 is 0 Å². The van der Waals surface area contributed by atoms with E-state index in [1.165, 1.54) is 83.4 Å². The van der Waals surface area contributed by atoms with E-state index >= 15 is 0 Å². The molecular formula is C20H33P. The highest BCUT2D eigenvalue weighted by Crippen LogP contribution is 2.21. The average molecular weight is 304 g/mol. The molecule has 0 unspecified atom stereocenters. The van der Waals surface area contributed by atoms with E-state index in [-0.39, 0.29) is 0 Å². The molecule has 118 valence electrons. The fraction of sp³-hybridized carbons (Fsp3) is 0.600. The van der Waals surface area contributed by atoms with Crippen LogP contribution in [0.4, 0.5) is 0 Å². The van der Waals surface area contributed by atoms with Gasteiger partial charge >= 0.3 is 0 Å². The predicted octanol–water partition coefficient (Wildman–Crippen LogP) is 7.00. The molecule has 0 bridgehead atoms. The minimum Gasteiger partial charge on any atom is -0.122 e. The molecule has 0 radical (unpaired) electrons. The van der Waals surface area contributed by atoms with E-state index in [4.69, 9.17) is 0 Å². The van der Waals surface area contributed by atoms with Crippen LogP contribution >= 0.6 is 8.58 Å². The summed E-state index contributed by atoms with van der Waals surface area (Å²) < 4.78 is 0. The Hall–Kier alpha value is -0.610. The molecule has 0 fully saturated rings. The van der Waals surface area contributed by atoms with E-state index in [9.17, 15) is 0 Å². The lowest BCUT2D eigenvalue weighted by Crippen LogP contribution is -1.85. The van der Waals surface area contributed by atoms with Crippen molar-refractivity contribution in [2.24, 2.45) is 0 Å². The zero-order valence-corrected chi connectivity index (χ0v) is 15.0. The normalized spacial score (nSPS) is 11.3. The molecule has 0 N–H and O–H groups in total. The molecular weight excluding hydrogens is 271 g/mol. The summed E-state index contributed by atoms with van der Waals surface area (Å²) in [4.78, 5) is 0. The van der Waals surface area contributed by atoms with Crippen LogP contribution in [0.2, 0.25) is 0 Å². The van der Waals surface area contributed by atoms with Crippen LogP contribution in [0, 0.1) is 0 Å². The molecule has 0 aliphatic heterocycles. The minimum absolute atomic E-state index is 1.25. The van der Waals surface area contributed by atoms with Gasteiger partial charge in [0.2, 0.25) is 0 Å². The van der Waals surface area contributed by atoms with Gasteiger partial charge < -0.3 is 0 Å². The Morgan fingerprint density at radius 1 is 0.667 bits per heavy atom. The Morgan fingerprint density at radius 2 is 1.14 bits per heavy atom. The summed E-state index contributed by atoms with van der Waals surface area (Å²) in [6.45, 7) is 4.57. The molecule has 0 atom stereocenters. The number of rotatable bonds is 10. The Labute approximate surface area is 134 Å². The molecule has 0 spiro atoms. The van der Waals surface area contributed by atoms with E-state index in [2.05, 4.69) is 50.3 Å². The van der Waals surface area contributed by atoms with Crippen molar-refractivity contribution in [3.05, 3.63) is 35.4 Å². The molecule has 0 nitrogen and oxygen atoms in total. The number of benzene rings is 1. The molecule has 0 saturated carbocycles. The Balaban J connectivity index is 0.000000230. The molecule has 2 rings (SSSR count). The van der Waals surface area contributed by atoms with Gasteiger partial charge in [0.1, 0.15) is 0 Å². The van der Waals surface area contributed by atoms with Crippen LogP contribution in [0.15, 0.2) is 24.3 Å². The Morgan fingerprint density at radius 3 is 1.48 bits per heavy atom. The first-order valence-corrected chi connectivity index (χ1v) is 10.3. The maximum Gasteiger partial charge on any atom is -0.0184 e. The van der Waals surface area contributed by atoms with Gasteiger partial charge in [0.05, 0.1) is 0 Å². The maximum atomic E-state index is 2.28. The van der Waals surface area contributed by atoms with E-state index in [0.717, 1.165) is 0 Å². The van der Waals surface area contributed by atoms with Crippen LogP contribution in [-0.2, 0) is 0 Å². The van der Waals surface area contributed by atoms with Crippen molar-refractivity contribution in [1.29, 1.82) is 0 Å². The van der Waals surface area contributed by atoms with Crippen LogP contribution in [0.3, 0.4) is 0 Å². The van der Waals surface area contributed by atoms with E-state index in [1.807, 2.05) is 0 Å². The highest BCUT2D eigenvalue weighted by Gasteiger charge is 1.99. The van der Waals surface area contributed by atoms with Crippen molar-refractivity contribution in [2.75, 3.05) is 12.3 Å². The van der Waals surface area contributed by atoms with Crippen molar-refractivity contribution in [3.8, 4) is 0 Å². The number of unbranched alkanes of at least 4 members (excludes halogenated alkanes) is 6. The van der Waals surface area contributed by atoms with Crippen molar-refractivity contribution in [3.63, 3.8) is 0 Å². The van der Waals surface area contributed by atoms with Gasteiger partial charge in [-0.05, 0) is 36.3 Å². The molecule has 1 aliphatic carbocycles. The first kappa shape index (κ1) is 18.4. The molecule has 1 heteroatoms. The molecule has 1 aromatic carbocycles. The third kappa shape index (κ3) is 9.10. The van der Waals surface area contributed by atoms with Crippen LogP contribution in [0.1, 0.15) is 76.3 Å². The molecule has 0 aromatic heterocycles. The van der Waals surface area contributed by atoms with Crippen molar-refractivity contribution in [1.82, 2.24) is 0 Å². The Kier molecular flexibility index (Phi) is 11.5. The van der Waals surface area contributed by atoms with Gasteiger partial charge in [-0.25, -0.2) is 0 Å². The standard InChI is InChI=1S/C12H27P.C8H6/c1-3-5-7-9-11-13-12-10-8-6-4-2;1-2-4-8-6-5-7(8)3-1/h13H,3-12H2,1-2H3;1-6H. The lowest BCUT2D eigenvalue weighted by molar-refractivity contribution is 0.698. The quantitative estimate of drug-likeness (QED) is 0.327. The summed E-state index contributed by atoms with van der Waals surface area (Å²) in [5.41, 5.74) is 2.74. The molecule has 0 saturated heterocycles. The molecule has 1 aliphatic rings. The largest absolute Gasteiger partial charge is 0.122 e. The maximum absolute atomic E-state index is 2.28. The number of hydrogen-bond acceptors (Lipinski definition) is 0. The fourth-order valence-corrected chi connectivity index (χ4v) is 3.63. The van der Waals surface area contributed by atoms with Gasteiger partial charge in [-0.2, -0.15) is 0 Å². The van der Waals surface area contributed by atoms with Gasteiger partial charge in [0.25, 0.3) is 0 Å². The van der Waals surface area contributed by atoms with Crippen LogP contribution in [-0.4, -0.2) is 12.3 Å². The van der Waals surface area contributed by atoms with Crippen LogP contribution in [0.25, 0.3) is 12.2 Å². The topological polar surface area (TPSA) is 0 Å². The molecule has 0 heterocycles. The second-order valence-corrected chi connectivity index (χ2v) is 7.33. The third-order valence-electron chi connectivity index (χ3n) is 3.85. The smallest absolute Gasteiger partial charge is 0.0184 e. The van der Waals surface area contributed by atoms with Crippen molar-refractivity contribution in [2.45, 2.75) is 65.2 Å². The average Bonchev–Trinajstić information content (AvgIpc) is 2.48. The Bertz CT molecular complexity index is 346. The van der Waals surface area contributed by atoms with Crippen LogP contribution in [0.5, 0.6) is 0 Å². The molecule has 21 heavy (non-hydrogen) atoms. The van der Waals surface area contributed by atoms with Gasteiger partial charge in [0.15, 0.2) is 0 Å². The van der Waals surface area contributed by atoms with E-state index in [0.29, 0.717) is 0 Å². The van der Waals surface area contributed by atoms with Gasteiger partial charge in [-0.15, -0.1) is 8.58 Å². The molecule has 1 aromatic rings. The monoisotopic (exact) mass is 304 g/mol. The summed E-state index contributed by atoms with van der Waals surface area (Å²) >= 11 is 0. The first-order chi connectivity index (χ1) is 10.4. The second kappa shape index (κ2) is 13.1. The highest BCUT2D eigenvalue weighted by atomic mass is 31.1. The summed E-state index contributed by atoms with van der Waals surface area (Å²) in [6.07, 6.45) is 18.8. The SMILES string of the molecule is C1=Cc2ccccc21.CCCCCCPCCCCCC. The summed E-state index contributed by atoms with van der Waals surface area (Å²) in [7, 11) is 1.25. The molecule has 0 amide bonds.